The van der Waals surface area contributed by atoms with Crippen LogP contribution in [0.15, 0.2) is 111 Å². The lowest BCUT2D eigenvalue weighted by Gasteiger charge is -2.30. The van der Waals surface area contributed by atoms with E-state index in [1.54, 1.807) is 12.1 Å². The average Bonchev–Trinajstić information content (AvgIpc) is 3.31. The fourth-order valence-corrected chi connectivity index (χ4v) is 7.35. The van der Waals surface area contributed by atoms with E-state index in [9.17, 15) is 4.79 Å². The van der Waals surface area contributed by atoms with Crippen LogP contribution in [0.4, 0.5) is 0 Å². The smallest absolute Gasteiger partial charge is 0.271 e. The first-order valence-corrected chi connectivity index (χ1v) is 15.9. The molecule has 2 heterocycles. The highest BCUT2D eigenvalue weighted by Gasteiger charge is 2.32. The minimum absolute atomic E-state index is 0.0624. The Labute approximate surface area is 265 Å². The molecule has 0 saturated heterocycles. The zero-order valence-corrected chi connectivity index (χ0v) is 26.1. The Morgan fingerprint density at radius 3 is 2.60 bits per heavy atom. The summed E-state index contributed by atoms with van der Waals surface area (Å²) in [6.45, 7) is 0.276. The van der Waals surface area contributed by atoms with Crippen molar-refractivity contribution >= 4 is 62.2 Å². The van der Waals surface area contributed by atoms with Gasteiger partial charge < -0.3 is 4.74 Å². The predicted octanol–water partition coefficient (Wildman–Crippen LogP) is 7.97. The van der Waals surface area contributed by atoms with Gasteiger partial charge in [0.1, 0.15) is 12.4 Å². The second-order valence-electron chi connectivity index (χ2n) is 10.2. The first kappa shape index (κ1) is 27.4. The van der Waals surface area contributed by atoms with Gasteiger partial charge in [-0.2, -0.15) is 0 Å². The number of rotatable bonds is 5. The number of allylic oxidation sites excluding steroid dienone is 1. The molecule has 1 atom stereocenters. The molecule has 0 fully saturated rings. The van der Waals surface area contributed by atoms with Crippen molar-refractivity contribution in [1.82, 2.24) is 4.57 Å². The lowest BCUT2D eigenvalue weighted by Crippen LogP contribution is -2.38. The number of halogens is 3. The number of thiazole rings is 1. The summed E-state index contributed by atoms with van der Waals surface area (Å²) in [5.74, 6) is 0.659. The van der Waals surface area contributed by atoms with E-state index in [4.69, 9.17) is 32.9 Å². The van der Waals surface area contributed by atoms with Crippen LogP contribution in [0.2, 0.25) is 10.0 Å². The van der Waals surface area contributed by atoms with Crippen molar-refractivity contribution in [3.63, 3.8) is 0 Å². The molecule has 4 nitrogen and oxygen atoms in total. The van der Waals surface area contributed by atoms with E-state index in [0.717, 1.165) is 45.3 Å². The van der Waals surface area contributed by atoms with Gasteiger partial charge in [-0.15, -0.1) is 0 Å². The van der Waals surface area contributed by atoms with Gasteiger partial charge in [0.15, 0.2) is 4.80 Å². The topological polar surface area (TPSA) is 43.6 Å². The molecule has 208 valence electrons. The molecule has 5 aromatic rings. The van der Waals surface area contributed by atoms with Gasteiger partial charge >= 0.3 is 0 Å². The van der Waals surface area contributed by atoms with Gasteiger partial charge in [-0.05, 0) is 65.9 Å². The summed E-state index contributed by atoms with van der Waals surface area (Å²) < 4.78 is 9.64. The number of aryl methyl sites for hydroxylation is 1. The molecule has 1 aliphatic heterocycles. The Bertz CT molecular complexity index is 2060. The summed E-state index contributed by atoms with van der Waals surface area (Å²) >= 11 is 17.4. The molecule has 0 spiro atoms. The van der Waals surface area contributed by atoms with Crippen molar-refractivity contribution in [1.29, 1.82) is 0 Å². The molecule has 42 heavy (non-hydrogen) atoms. The molecule has 1 aliphatic carbocycles. The first-order valence-electron chi connectivity index (χ1n) is 13.5. The quantitative estimate of drug-likeness (QED) is 0.190. The van der Waals surface area contributed by atoms with Crippen LogP contribution in [0.5, 0.6) is 5.75 Å². The second-order valence-corrected chi connectivity index (χ2v) is 13.0. The van der Waals surface area contributed by atoms with E-state index in [-0.39, 0.29) is 18.2 Å². The van der Waals surface area contributed by atoms with Gasteiger partial charge in [0.05, 0.1) is 16.3 Å². The van der Waals surface area contributed by atoms with Crippen molar-refractivity contribution in [2.24, 2.45) is 4.99 Å². The first-order chi connectivity index (χ1) is 20.5. The van der Waals surface area contributed by atoms with Crippen LogP contribution in [0.1, 0.15) is 40.3 Å². The number of aromatic nitrogens is 1. The van der Waals surface area contributed by atoms with Crippen LogP contribution < -0.4 is 19.6 Å². The third-order valence-electron chi connectivity index (χ3n) is 7.66. The fraction of sp³-hybridized carbons (Fsp3) is 0.118. The van der Waals surface area contributed by atoms with Gasteiger partial charge in [-0.1, -0.05) is 111 Å². The highest BCUT2D eigenvalue weighted by molar-refractivity contribution is 9.10. The van der Waals surface area contributed by atoms with Gasteiger partial charge in [0, 0.05) is 31.2 Å². The Hall–Kier alpha value is -3.42. The lowest BCUT2D eigenvalue weighted by molar-refractivity contribution is 0.305. The number of benzene rings is 4. The van der Waals surface area contributed by atoms with Gasteiger partial charge in [-0.3, -0.25) is 9.36 Å². The monoisotopic (exact) mass is 672 g/mol. The third kappa shape index (κ3) is 5.07. The molecule has 7 rings (SSSR count). The van der Waals surface area contributed by atoms with Gasteiger partial charge in [-0.25, -0.2) is 4.99 Å². The van der Waals surface area contributed by atoms with Crippen LogP contribution in [-0.2, 0) is 13.0 Å². The maximum absolute atomic E-state index is 14.1. The number of ether oxygens (including phenoxy) is 1. The number of hydrogen-bond donors (Lipinski definition) is 0. The zero-order chi connectivity index (χ0) is 28.8. The summed E-state index contributed by atoms with van der Waals surface area (Å²) in [4.78, 5) is 19.9. The van der Waals surface area contributed by atoms with Crippen LogP contribution in [-0.4, -0.2) is 4.57 Å². The summed E-state index contributed by atoms with van der Waals surface area (Å²) in [7, 11) is 0. The van der Waals surface area contributed by atoms with Crippen LogP contribution >= 0.6 is 50.5 Å². The van der Waals surface area contributed by atoms with E-state index in [1.807, 2.05) is 53.1 Å². The Balaban J connectivity index is 1.34. The largest absolute Gasteiger partial charge is 0.488 e. The van der Waals surface area contributed by atoms with Crippen molar-refractivity contribution in [2.75, 3.05) is 0 Å². The van der Waals surface area contributed by atoms with Crippen molar-refractivity contribution < 1.29 is 4.74 Å². The molecule has 8 heteroatoms. The summed E-state index contributed by atoms with van der Waals surface area (Å²) in [6, 6.07) is 29.5. The van der Waals surface area contributed by atoms with E-state index in [1.165, 1.54) is 22.5 Å². The summed E-state index contributed by atoms with van der Waals surface area (Å²) in [6.07, 6.45) is 3.67. The van der Waals surface area contributed by atoms with Gasteiger partial charge in [0.2, 0.25) is 0 Å². The molecular formula is C34H23BrCl2N2O2S. The van der Waals surface area contributed by atoms with E-state index in [2.05, 4.69) is 52.3 Å². The highest BCUT2D eigenvalue weighted by Crippen LogP contribution is 2.41. The number of fused-ring (bicyclic) bond motifs is 3. The molecule has 0 saturated carbocycles. The summed E-state index contributed by atoms with van der Waals surface area (Å²) in [5, 5.41) is 1.12. The minimum atomic E-state index is -0.224. The molecule has 0 N–H and O–H groups in total. The van der Waals surface area contributed by atoms with Crippen LogP contribution in [0.3, 0.4) is 0 Å². The summed E-state index contributed by atoms with van der Waals surface area (Å²) in [5.41, 5.74) is 7.25. The Morgan fingerprint density at radius 2 is 1.76 bits per heavy atom. The maximum Gasteiger partial charge on any atom is 0.271 e. The lowest BCUT2D eigenvalue weighted by atomic mass is 9.83. The second kappa shape index (κ2) is 11.3. The van der Waals surface area contributed by atoms with Crippen molar-refractivity contribution in [3.8, 4) is 5.75 Å². The molecule has 0 radical (unpaired) electrons. The molecule has 0 amide bonds. The number of nitrogens with zero attached hydrogens (tertiary/aromatic N) is 2. The fourth-order valence-electron chi connectivity index (χ4n) is 5.63. The highest BCUT2D eigenvalue weighted by atomic mass is 79.9. The average molecular weight is 674 g/mol. The molecule has 0 bridgehead atoms. The van der Waals surface area contributed by atoms with E-state index >= 15 is 0 Å². The Kier molecular flexibility index (Phi) is 7.40. The van der Waals surface area contributed by atoms with Gasteiger partial charge in [0.25, 0.3) is 5.56 Å². The molecule has 2 aliphatic rings. The molecule has 0 unspecified atom stereocenters. The SMILES string of the molecule is O=c1/c(=C/c2ccccc2OCc2ccc(Cl)cc2Cl)sc2n1[C@H](c1ccc(Br)cc1)C1=C(N=2)c2ccccc2CC1. The number of para-hydroxylation sites is 1. The Morgan fingerprint density at radius 1 is 0.976 bits per heavy atom. The van der Waals surface area contributed by atoms with E-state index < -0.39 is 0 Å². The zero-order valence-electron chi connectivity index (χ0n) is 22.2. The van der Waals surface area contributed by atoms with Crippen LogP contribution in [0.25, 0.3) is 11.8 Å². The van der Waals surface area contributed by atoms with Crippen LogP contribution in [0, 0.1) is 0 Å². The molecule has 4 aromatic carbocycles. The minimum Gasteiger partial charge on any atom is -0.488 e. The van der Waals surface area contributed by atoms with Crippen molar-refractivity contribution in [3.05, 3.63) is 159 Å². The maximum atomic E-state index is 14.1. The molecule has 1 aromatic heterocycles. The van der Waals surface area contributed by atoms with E-state index in [0.29, 0.717) is 25.1 Å². The number of hydrogen-bond acceptors (Lipinski definition) is 4. The predicted molar refractivity (Wildman–Crippen MR) is 174 cm³/mol. The standard InChI is InChI=1S/C34H23BrCl2N2O2S/c35-24-13-9-21(10-14-24)32-27-16-12-20-5-1-3-7-26(20)31(27)38-34-39(32)33(40)30(42-34)17-22-6-2-4-8-29(22)41-19-23-11-15-25(36)18-28(23)37/h1-11,13-15,17-18,32H,12,16,19H2/b30-17-/t32-/m1/s1. The molecular weight excluding hydrogens is 651 g/mol. The normalized spacial score (nSPS) is 16.0. The van der Waals surface area contributed by atoms with Crippen molar-refractivity contribution in [2.45, 2.75) is 25.5 Å². The third-order valence-corrected chi connectivity index (χ3v) is 9.76.